The van der Waals surface area contributed by atoms with Crippen molar-refractivity contribution in [3.8, 4) is 0 Å². The summed E-state index contributed by atoms with van der Waals surface area (Å²) in [5, 5.41) is 1.45. The first-order valence-corrected chi connectivity index (χ1v) is 16.6. The lowest BCUT2D eigenvalue weighted by atomic mass is 9.99. The van der Waals surface area contributed by atoms with Gasteiger partial charge in [0.1, 0.15) is 11.4 Å². The molecule has 1 aliphatic heterocycles. The fourth-order valence-corrected chi connectivity index (χ4v) is 8.13. The number of hydrogen-bond acceptors (Lipinski definition) is 8. The number of likely N-dealkylation sites (tertiary alicyclic amines) is 1. The summed E-state index contributed by atoms with van der Waals surface area (Å²) in [6.45, 7) is 5.69. The Balaban J connectivity index is 1.64. The molecule has 12 heteroatoms. The van der Waals surface area contributed by atoms with Crippen molar-refractivity contribution >= 4 is 49.0 Å². The number of nitrogens with one attached hydrogen (secondary N) is 1. The second kappa shape index (κ2) is 14.2. The van der Waals surface area contributed by atoms with Crippen LogP contribution >= 0.6 is 22.4 Å². The van der Waals surface area contributed by atoms with Crippen LogP contribution in [-0.2, 0) is 39.1 Å². The van der Waals surface area contributed by atoms with Crippen molar-refractivity contribution in [1.82, 2.24) is 10.2 Å². The Hall–Kier alpha value is -3.64. The summed E-state index contributed by atoms with van der Waals surface area (Å²) in [6, 6.07) is 21.1. The van der Waals surface area contributed by atoms with Crippen molar-refractivity contribution in [2.45, 2.75) is 42.0 Å². The van der Waals surface area contributed by atoms with Crippen LogP contribution in [-0.4, -0.2) is 61.5 Å². The predicted octanol–water partition coefficient (Wildman–Crippen LogP) is 4.36. The lowest BCUT2D eigenvalue weighted by Gasteiger charge is -2.49. The summed E-state index contributed by atoms with van der Waals surface area (Å²) in [4.78, 5) is 41.2. The molecule has 226 valence electrons. The molecule has 3 aromatic carbocycles. The van der Waals surface area contributed by atoms with Gasteiger partial charge in [0.2, 0.25) is 27.0 Å². The van der Waals surface area contributed by atoms with Crippen LogP contribution in [0.25, 0.3) is 0 Å². The molecule has 0 saturated carbocycles. The minimum absolute atomic E-state index is 0.00980. The van der Waals surface area contributed by atoms with Gasteiger partial charge in [0.15, 0.2) is 6.04 Å². The maximum atomic E-state index is 13.6. The van der Waals surface area contributed by atoms with Gasteiger partial charge in [-0.2, -0.15) is 0 Å². The second-order valence-corrected chi connectivity index (χ2v) is 14.0. The van der Waals surface area contributed by atoms with E-state index in [1.807, 2.05) is 13.0 Å². The van der Waals surface area contributed by atoms with E-state index >= 15 is 0 Å². The van der Waals surface area contributed by atoms with Gasteiger partial charge < -0.3 is 19.7 Å². The minimum atomic E-state index is -4.05. The zero-order valence-electron chi connectivity index (χ0n) is 23.5. The summed E-state index contributed by atoms with van der Waals surface area (Å²) < 4.78 is 38.0. The monoisotopic (exact) mass is 642 g/mol. The van der Waals surface area contributed by atoms with Gasteiger partial charge in [0.25, 0.3) is 0 Å². The Morgan fingerprint density at radius 3 is 2.21 bits per heavy atom. The van der Waals surface area contributed by atoms with E-state index in [1.165, 1.54) is 19.2 Å². The molecule has 3 aromatic rings. The van der Waals surface area contributed by atoms with E-state index in [9.17, 15) is 22.8 Å². The highest BCUT2D eigenvalue weighted by Crippen LogP contribution is 2.40. The Kier molecular flexibility index (Phi) is 10.7. The maximum Gasteiger partial charge on any atom is 0.335 e. The van der Waals surface area contributed by atoms with Gasteiger partial charge in [-0.3, -0.25) is 9.59 Å². The smallest absolute Gasteiger partial charge is 0.335 e. The topological polar surface area (TPSA) is 119 Å². The van der Waals surface area contributed by atoms with E-state index in [0.29, 0.717) is 21.9 Å². The number of methoxy groups -OCH3 is 1. The third-order valence-corrected chi connectivity index (χ3v) is 10.8. The van der Waals surface area contributed by atoms with Crippen molar-refractivity contribution < 1.29 is 32.3 Å². The van der Waals surface area contributed by atoms with E-state index in [1.54, 1.807) is 66.7 Å². The molecule has 2 amide bonds. The molecular weight excluding hydrogens is 612 g/mol. The number of amides is 2. The van der Waals surface area contributed by atoms with E-state index in [4.69, 9.17) is 21.1 Å². The quantitative estimate of drug-likeness (QED) is 0.0730. The molecule has 1 N–H and O–H groups in total. The summed E-state index contributed by atoms with van der Waals surface area (Å²) in [5.41, 5.74) is 2.23. The van der Waals surface area contributed by atoms with E-state index < -0.39 is 50.4 Å². The van der Waals surface area contributed by atoms with Gasteiger partial charge in [0, 0.05) is 29.3 Å². The largest absolute Gasteiger partial charge is 0.429 e. The Morgan fingerprint density at radius 2 is 1.63 bits per heavy atom. The number of aryl methyl sites for hydroxylation is 1. The van der Waals surface area contributed by atoms with E-state index in [-0.39, 0.29) is 22.8 Å². The number of esters is 1. The van der Waals surface area contributed by atoms with Gasteiger partial charge in [-0.25, -0.2) is 13.2 Å². The molecule has 1 fully saturated rings. The summed E-state index contributed by atoms with van der Waals surface area (Å²) in [5.74, 6) is -2.30. The highest BCUT2D eigenvalue weighted by molar-refractivity contribution is 8.72. The first-order chi connectivity index (χ1) is 20.6. The normalized spacial score (nSPS) is 17.8. The number of rotatable bonds is 13. The number of ether oxygens (including phenoxy) is 2. The Bertz CT molecular complexity index is 1570. The van der Waals surface area contributed by atoms with Crippen molar-refractivity contribution in [2.75, 3.05) is 13.0 Å². The predicted molar refractivity (Wildman–Crippen MR) is 165 cm³/mol. The first-order valence-electron chi connectivity index (χ1n) is 13.2. The molecule has 1 heterocycles. The highest BCUT2D eigenvalue weighted by atomic mass is 35.5. The zero-order chi connectivity index (χ0) is 31.1. The molecule has 0 aromatic heterocycles. The Labute approximate surface area is 259 Å². The zero-order valence-corrected chi connectivity index (χ0v) is 25.9. The molecule has 0 spiro atoms. The van der Waals surface area contributed by atoms with Crippen LogP contribution in [0.3, 0.4) is 0 Å². The summed E-state index contributed by atoms with van der Waals surface area (Å²) in [6.07, 6.45) is -1.14. The van der Waals surface area contributed by atoms with Gasteiger partial charge in [-0.15, -0.1) is 11.6 Å². The van der Waals surface area contributed by atoms with Gasteiger partial charge >= 0.3 is 5.97 Å². The molecule has 9 nitrogen and oxygen atoms in total. The highest BCUT2D eigenvalue weighted by Gasteiger charge is 2.56. The number of β-lactam (4-membered cyclic amide) rings is 1. The lowest BCUT2D eigenvalue weighted by Crippen LogP contribution is -2.73. The molecule has 4 rings (SSSR count). The van der Waals surface area contributed by atoms with E-state index in [0.717, 1.165) is 10.5 Å². The fraction of sp³-hybridized carbons (Fsp3) is 0.258. The van der Waals surface area contributed by atoms with Crippen LogP contribution < -0.4 is 5.32 Å². The fourth-order valence-electron chi connectivity index (χ4n) is 4.47. The van der Waals surface area contributed by atoms with Gasteiger partial charge in [0.05, 0.1) is 11.3 Å². The molecule has 4 unspecified atom stereocenters. The van der Waals surface area contributed by atoms with Gasteiger partial charge in [-0.05, 0) is 30.2 Å². The number of carbonyl (C=O) groups excluding carboxylic acids is 3. The van der Waals surface area contributed by atoms with Crippen LogP contribution in [0.4, 0.5) is 0 Å². The molecular formula is C31H31ClN2O7S2. The SMILES string of the molecule is C=C(CCl)C(C(=O)OC(OC)c1ccccc1)N1C(=O)C(NC(=O)Cc2ccccc2)C1SS(=O)(=O)c1ccc(C)cc1. The minimum Gasteiger partial charge on any atom is -0.429 e. The molecule has 43 heavy (non-hydrogen) atoms. The number of carbonyl (C=O) groups is 3. The van der Waals surface area contributed by atoms with Gasteiger partial charge in [-0.1, -0.05) is 84.9 Å². The van der Waals surface area contributed by atoms with Crippen LogP contribution in [0.15, 0.2) is 102 Å². The third-order valence-electron chi connectivity index (χ3n) is 6.71. The standard InChI is InChI=1S/C31H31ClN2O7S2/c1-20-14-16-24(17-15-20)43(38,39)42-29-26(33-25(35)18-22-10-6-4-7-11-22)28(36)34(29)27(21(2)19-32)30(37)41-31(40-3)23-12-8-5-9-13-23/h4-17,26-27,29,31H,2,18-19H2,1,3H3,(H,33,35). The molecule has 1 aliphatic rings. The number of halogens is 1. The average molecular weight is 643 g/mol. The number of alkyl halides is 1. The number of hydrogen-bond donors (Lipinski definition) is 1. The summed E-state index contributed by atoms with van der Waals surface area (Å²) in [7, 11) is -2.24. The molecule has 0 aliphatic carbocycles. The van der Waals surface area contributed by atoms with Crippen molar-refractivity contribution in [2.24, 2.45) is 0 Å². The van der Waals surface area contributed by atoms with Crippen molar-refractivity contribution in [1.29, 1.82) is 0 Å². The Morgan fingerprint density at radius 1 is 1.02 bits per heavy atom. The van der Waals surface area contributed by atoms with E-state index in [2.05, 4.69) is 11.9 Å². The maximum absolute atomic E-state index is 13.6. The molecule has 0 bridgehead atoms. The summed E-state index contributed by atoms with van der Waals surface area (Å²) >= 11 is 6.08. The third kappa shape index (κ3) is 7.66. The molecule has 4 atom stereocenters. The van der Waals surface area contributed by atoms with Crippen LogP contribution in [0.1, 0.15) is 23.0 Å². The molecule has 0 radical (unpaired) electrons. The first kappa shape index (κ1) is 32.3. The number of benzene rings is 3. The number of nitrogens with zero attached hydrogens (tertiary/aromatic N) is 1. The van der Waals surface area contributed by atoms with Crippen molar-refractivity contribution in [3.63, 3.8) is 0 Å². The lowest BCUT2D eigenvalue weighted by molar-refractivity contribution is -0.184. The molecule has 1 saturated heterocycles. The van der Waals surface area contributed by atoms with Crippen LogP contribution in [0, 0.1) is 6.92 Å². The average Bonchev–Trinajstić information content (AvgIpc) is 3.01. The van der Waals surface area contributed by atoms with Crippen molar-refractivity contribution in [3.05, 3.63) is 114 Å². The second-order valence-electron chi connectivity index (χ2n) is 9.82. The van der Waals surface area contributed by atoms with Crippen LogP contribution in [0.2, 0.25) is 0 Å². The van der Waals surface area contributed by atoms with Crippen LogP contribution in [0.5, 0.6) is 0 Å².